The van der Waals surface area contributed by atoms with Gasteiger partial charge in [-0.2, -0.15) is 0 Å². The molecule has 0 aromatic carbocycles. The van der Waals surface area contributed by atoms with Gasteiger partial charge in [-0.05, 0) is 62.9 Å². The van der Waals surface area contributed by atoms with Crippen molar-refractivity contribution in [1.29, 1.82) is 0 Å². The summed E-state index contributed by atoms with van der Waals surface area (Å²) >= 11 is 0. The van der Waals surface area contributed by atoms with Gasteiger partial charge in [-0.15, -0.1) is 10.2 Å². The summed E-state index contributed by atoms with van der Waals surface area (Å²) in [6.45, 7) is 4.26. The van der Waals surface area contributed by atoms with Crippen LogP contribution in [0.25, 0.3) is 0 Å². The highest BCUT2D eigenvalue weighted by Crippen LogP contribution is 2.31. The molecule has 1 atom stereocenters. The lowest BCUT2D eigenvalue weighted by molar-refractivity contribution is 0.135. The average molecular weight is 355 g/mol. The van der Waals surface area contributed by atoms with E-state index in [-0.39, 0.29) is 0 Å². The molecule has 2 aromatic rings. The second-order valence-corrected chi connectivity index (χ2v) is 7.76. The van der Waals surface area contributed by atoms with Crippen LogP contribution in [0, 0.1) is 5.92 Å². The Bertz CT molecular complexity index is 692. The SMILES string of the molecule is Cn1c(CC2CCNCC2)nnc1CN1CCCCC1c1cccnc1. The number of piperidine rings is 2. The molecule has 6 nitrogen and oxygen atoms in total. The highest BCUT2D eigenvalue weighted by atomic mass is 15.3. The van der Waals surface area contributed by atoms with Crippen LogP contribution in [0.4, 0.5) is 0 Å². The van der Waals surface area contributed by atoms with E-state index >= 15 is 0 Å². The summed E-state index contributed by atoms with van der Waals surface area (Å²) in [5.74, 6) is 2.97. The van der Waals surface area contributed by atoms with Crippen molar-refractivity contribution in [3.63, 3.8) is 0 Å². The fraction of sp³-hybridized carbons (Fsp3) is 0.650. The summed E-state index contributed by atoms with van der Waals surface area (Å²) in [5.41, 5.74) is 1.32. The molecule has 4 heterocycles. The van der Waals surface area contributed by atoms with Crippen LogP contribution in [0.2, 0.25) is 0 Å². The third-order valence-corrected chi connectivity index (χ3v) is 6.01. The van der Waals surface area contributed by atoms with Gasteiger partial charge in [0.15, 0.2) is 0 Å². The molecular weight excluding hydrogens is 324 g/mol. The highest BCUT2D eigenvalue weighted by Gasteiger charge is 2.26. The van der Waals surface area contributed by atoms with Crippen LogP contribution < -0.4 is 5.32 Å². The molecule has 0 aliphatic carbocycles. The molecule has 0 amide bonds. The van der Waals surface area contributed by atoms with Crippen LogP contribution in [0.1, 0.15) is 55.4 Å². The third-order valence-electron chi connectivity index (χ3n) is 6.01. The minimum Gasteiger partial charge on any atom is -0.317 e. The number of hydrogen-bond acceptors (Lipinski definition) is 5. The quantitative estimate of drug-likeness (QED) is 0.894. The zero-order valence-corrected chi connectivity index (χ0v) is 15.8. The number of hydrogen-bond donors (Lipinski definition) is 1. The van der Waals surface area contributed by atoms with E-state index in [1.807, 2.05) is 18.5 Å². The van der Waals surface area contributed by atoms with Crippen LogP contribution in [-0.2, 0) is 20.0 Å². The van der Waals surface area contributed by atoms with Gasteiger partial charge < -0.3 is 9.88 Å². The Balaban J connectivity index is 1.45. The number of aromatic nitrogens is 4. The topological polar surface area (TPSA) is 58.9 Å². The van der Waals surface area contributed by atoms with Crippen molar-refractivity contribution in [1.82, 2.24) is 30.0 Å². The number of pyridine rings is 1. The molecule has 2 saturated heterocycles. The molecule has 140 valence electrons. The van der Waals surface area contributed by atoms with E-state index in [0.29, 0.717) is 6.04 Å². The maximum atomic E-state index is 4.54. The van der Waals surface area contributed by atoms with Crippen molar-refractivity contribution >= 4 is 0 Å². The van der Waals surface area contributed by atoms with Gasteiger partial charge in [0.1, 0.15) is 11.6 Å². The molecular formula is C20H30N6. The molecule has 0 radical (unpaired) electrons. The first-order valence-electron chi connectivity index (χ1n) is 10.0. The maximum Gasteiger partial charge on any atom is 0.146 e. The molecule has 2 aromatic heterocycles. The van der Waals surface area contributed by atoms with Crippen LogP contribution in [0.15, 0.2) is 24.5 Å². The van der Waals surface area contributed by atoms with E-state index < -0.39 is 0 Å². The third kappa shape index (κ3) is 3.96. The smallest absolute Gasteiger partial charge is 0.146 e. The van der Waals surface area contributed by atoms with E-state index in [0.717, 1.165) is 50.2 Å². The molecule has 0 spiro atoms. The molecule has 6 heteroatoms. The van der Waals surface area contributed by atoms with Gasteiger partial charge in [0.05, 0.1) is 6.54 Å². The average Bonchev–Trinajstić information content (AvgIpc) is 3.03. The summed E-state index contributed by atoms with van der Waals surface area (Å²) in [7, 11) is 2.13. The number of likely N-dealkylation sites (tertiary alicyclic amines) is 1. The fourth-order valence-electron chi connectivity index (χ4n) is 4.37. The Morgan fingerprint density at radius 2 is 1.96 bits per heavy atom. The van der Waals surface area contributed by atoms with Gasteiger partial charge in [-0.3, -0.25) is 9.88 Å². The van der Waals surface area contributed by atoms with E-state index in [1.165, 1.54) is 37.7 Å². The summed E-state index contributed by atoms with van der Waals surface area (Å²) in [6, 6.07) is 4.69. The molecule has 0 bridgehead atoms. The summed E-state index contributed by atoms with van der Waals surface area (Å²) in [6.07, 6.45) is 11.2. The minimum atomic E-state index is 0.446. The molecule has 1 unspecified atom stereocenters. The first-order valence-corrected chi connectivity index (χ1v) is 10.0. The summed E-state index contributed by atoms with van der Waals surface area (Å²) in [5, 5.41) is 12.5. The lowest BCUT2D eigenvalue weighted by atomic mass is 9.94. The minimum absolute atomic E-state index is 0.446. The second-order valence-electron chi connectivity index (χ2n) is 7.76. The molecule has 1 N–H and O–H groups in total. The molecule has 2 fully saturated rings. The van der Waals surface area contributed by atoms with Crippen molar-refractivity contribution in [2.24, 2.45) is 13.0 Å². The number of nitrogens with one attached hydrogen (secondary N) is 1. The highest BCUT2D eigenvalue weighted by molar-refractivity contribution is 5.15. The number of rotatable bonds is 5. The van der Waals surface area contributed by atoms with Gasteiger partial charge >= 0.3 is 0 Å². The Morgan fingerprint density at radius 3 is 2.77 bits per heavy atom. The monoisotopic (exact) mass is 354 g/mol. The van der Waals surface area contributed by atoms with Crippen LogP contribution >= 0.6 is 0 Å². The van der Waals surface area contributed by atoms with Crippen molar-refractivity contribution < 1.29 is 0 Å². The zero-order valence-electron chi connectivity index (χ0n) is 15.8. The molecule has 26 heavy (non-hydrogen) atoms. The Kier molecular flexibility index (Phi) is 5.60. The van der Waals surface area contributed by atoms with Crippen molar-refractivity contribution in [3.8, 4) is 0 Å². The largest absolute Gasteiger partial charge is 0.317 e. The van der Waals surface area contributed by atoms with Crippen molar-refractivity contribution in [2.45, 2.75) is 51.1 Å². The Labute approximate surface area is 156 Å². The lowest BCUT2D eigenvalue weighted by Gasteiger charge is -2.35. The van der Waals surface area contributed by atoms with Crippen LogP contribution in [-0.4, -0.2) is 44.3 Å². The maximum absolute atomic E-state index is 4.54. The summed E-state index contributed by atoms with van der Waals surface area (Å²) < 4.78 is 2.23. The van der Waals surface area contributed by atoms with Gasteiger partial charge in [-0.25, -0.2) is 0 Å². The van der Waals surface area contributed by atoms with Gasteiger partial charge in [0.2, 0.25) is 0 Å². The standard InChI is InChI=1S/C20H30N6/c1-25-19(13-16-7-10-21-11-8-16)23-24-20(25)15-26-12-3-2-6-18(26)17-5-4-9-22-14-17/h4-5,9,14,16,18,21H,2-3,6-8,10-13,15H2,1H3. The molecule has 4 rings (SSSR count). The first-order chi connectivity index (χ1) is 12.8. The predicted octanol–water partition coefficient (Wildman–Crippen LogP) is 2.48. The van der Waals surface area contributed by atoms with Gasteiger partial charge in [0, 0.05) is 31.9 Å². The second kappa shape index (κ2) is 8.27. The van der Waals surface area contributed by atoms with Crippen molar-refractivity contribution in [3.05, 3.63) is 41.7 Å². The summed E-state index contributed by atoms with van der Waals surface area (Å²) in [4.78, 5) is 6.88. The molecule has 0 saturated carbocycles. The first kappa shape index (κ1) is 17.6. The van der Waals surface area contributed by atoms with Crippen LogP contribution in [0.3, 0.4) is 0 Å². The number of nitrogens with zero attached hydrogens (tertiary/aromatic N) is 5. The molecule has 2 aliphatic rings. The predicted molar refractivity (Wildman–Crippen MR) is 102 cm³/mol. The van der Waals surface area contributed by atoms with E-state index in [9.17, 15) is 0 Å². The van der Waals surface area contributed by atoms with Gasteiger partial charge in [-0.1, -0.05) is 12.5 Å². The van der Waals surface area contributed by atoms with E-state index in [4.69, 9.17) is 0 Å². The van der Waals surface area contributed by atoms with E-state index in [2.05, 4.69) is 43.1 Å². The normalized spacial score (nSPS) is 22.6. The van der Waals surface area contributed by atoms with E-state index in [1.54, 1.807) is 0 Å². The molecule has 2 aliphatic heterocycles. The van der Waals surface area contributed by atoms with Crippen molar-refractivity contribution in [2.75, 3.05) is 19.6 Å². The van der Waals surface area contributed by atoms with Gasteiger partial charge in [0.25, 0.3) is 0 Å². The Morgan fingerprint density at radius 1 is 1.12 bits per heavy atom. The fourth-order valence-corrected chi connectivity index (χ4v) is 4.37. The lowest BCUT2D eigenvalue weighted by Crippen LogP contribution is -2.34. The van der Waals surface area contributed by atoms with Crippen LogP contribution in [0.5, 0.6) is 0 Å². The zero-order chi connectivity index (χ0) is 17.8. The Hall–Kier alpha value is -1.79.